The Labute approximate surface area is 111 Å². The zero-order valence-corrected chi connectivity index (χ0v) is 11.7. The van der Waals surface area contributed by atoms with Crippen LogP contribution >= 0.6 is 31.9 Å². The van der Waals surface area contributed by atoms with E-state index in [0.29, 0.717) is 11.9 Å². The normalized spacial score (nSPS) is 29.6. The smallest absolute Gasteiger partial charge is 0.205 e. The van der Waals surface area contributed by atoms with Gasteiger partial charge in [-0.3, -0.25) is 0 Å². The maximum absolute atomic E-state index is 9.06. The topological polar surface area (TPSA) is 38.7 Å². The summed E-state index contributed by atoms with van der Waals surface area (Å²) >= 11 is 6.79. The minimum atomic E-state index is -0.770. The van der Waals surface area contributed by atoms with E-state index >= 15 is 0 Å². The van der Waals surface area contributed by atoms with Gasteiger partial charge < -0.3 is 14.6 Å². The van der Waals surface area contributed by atoms with Crippen LogP contribution in [0.2, 0.25) is 0 Å². The zero-order valence-electron chi connectivity index (χ0n) is 8.53. The average Bonchev–Trinajstić information content (AvgIpc) is 2.75. The van der Waals surface area contributed by atoms with Crippen LogP contribution in [0.1, 0.15) is 5.56 Å². The third-order valence-electron chi connectivity index (χ3n) is 2.52. The third-order valence-corrected chi connectivity index (χ3v) is 3.79. The lowest BCUT2D eigenvalue weighted by Crippen LogP contribution is -2.30. The van der Waals surface area contributed by atoms with Crippen molar-refractivity contribution < 1.29 is 14.6 Å². The molecule has 1 aliphatic heterocycles. The molecule has 0 radical (unpaired) electrons. The van der Waals surface area contributed by atoms with Crippen molar-refractivity contribution in [2.45, 2.75) is 11.9 Å². The van der Waals surface area contributed by atoms with Gasteiger partial charge in [-0.1, -0.05) is 44.0 Å². The van der Waals surface area contributed by atoms with Crippen LogP contribution in [-0.2, 0) is 15.3 Å². The molecule has 0 spiro atoms. The van der Waals surface area contributed by atoms with E-state index in [1.807, 2.05) is 24.3 Å². The average molecular weight is 352 g/mol. The molecule has 0 aliphatic carbocycles. The molecule has 2 atom stereocenters. The van der Waals surface area contributed by atoms with Gasteiger partial charge in [-0.15, -0.1) is 0 Å². The first-order valence-electron chi connectivity index (χ1n) is 4.95. The Morgan fingerprint density at radius 2 is 2.06 bits per heavy atom. The molecule has 1 aliphatic rings. The first kappa shape index (κ1) is 12.5. The molecule has 88 valence electrons. The number of aliphatic hydroxyl groups is 1. The Balaban J connectivity index is 2.25. The Kier molecular flexibility index (Phi) is 4.02. The van der Waals surface area contributed by atoms with E-state index in [4.69, 9.17) is 14.6 Å². The fourth-order valence-electron chi connectivity index (χ4n) is 1.66. The summed E-state index contributed by atoms with van der Waals surface area (Å²) in [6, 6.07) is 7.79. The summed E-state index contributed by atoms with van der Waals surface area (Å²) < 4.78 is 12.4. The van der Waals surface area contributed by atoms with Crippen molar-refractivity contribution >= 4 is 31.9 Å². The minimum Gasteiger partial charge on any atom is -0.394 e. The van der Waals surface area contributed by atoms with Crippen LogP contribution in [0.3, 0.4) is 0 Å². The number of halogens is 2. The lowest BCUT2D eigenvalue weighted by atomic mass is 10.1. The van der Waals surface area contributed by atoms with Gasteiger partial charge in [0.25, 0.3) is 0 Å². The van der Waals surface area contributed by atoms with Gasteiger partial charge in [-0.2, -0.15) is 0 Å². The van der Waals surface area contributed by atoms with E-state index in [2.05, 4.69) is 31.9 Å². The lowest BCUT2D eigenvalue weighted by molar-refractivity contribution is -0.160. The van der Waals surface area contributed by atoms with Crippen molar-refractivity contribution in [3.05, 3.63) is 34.3 Å². The molecule has 1 aromatic rings. The molecule has 3 nitrogen and oxygen atoms in total. The van der Waals surface area contributed by atoms with Crippen LogP contribution in [0.5, 0.6) is 0 Å². The van der Waals surface area contributed by atoms with Gasteiger partial charge >= 0.3 is 0 Å². The summed E-state index contributed by atoms with van der Waals surface area (Å²) in [6.07, 6.45) is -0.249. The van der Waals surface area contributed by atoms with Crippen molar-refractivity contribution in [2.24, 2.45) is 0 Å². The molecule has 5 heteroatoms. The molecule has 1 saturated heterocycles. The Bertz CT molecular complexity index is 355. The fraction of sp³-hybridized carbons (Fsp3) is 0.455. The highest BCUT2D eigenvalue weighted by molar-refractivity contribution is 9.10. The molecular weight excluding hydrogens is 340 g/mol. The van der Waals surface area contributed by atoms with Crippen molar-refractivity contribution in [3.8, 4) is 0 Å². The second-order valence-electron chi connectivity index (χ2n) is 3.63. The van der Waals surface area contributed by atoms with Gasteiger partial charge in [0, 0.05) is 10.0 Å². The van der Waals surface area contributed by atoms with Crippen LogP contribution < -0.4 is 0 Å². The fourth-order valence-corrected chi connectivity index (χ4v) is 2.54. The van der Waals surface area contributed by atoms with E-state index in [1.165, 1.54) is 0 Å². The highest BCUT2D eigenvalue weighted by Crippen LogP contribution is 2.36. The van der Waals surface area contributed by atoms with Crippen molar-refractivity contribution in [2.75, 3.05) is 18.5 Å². The van der Waals surface area contributed by atoms with Crippen LogP contribution in [-0.4, -0.2) is 29.8 Å². The van der Waals surface area contributed by atoms with Crippen LogP contribution in [0.15, 0.2) is 28.7 Å². The van der Waals surface area contributed by atoms with Crippen LogP contribution in [0.25, 0.3) is 0 Å². The SMILES string of the molecule is OC[C@H]1CO[C@](CBr)(c2ccc(Br)cc2)O1. The first-order chi connectivity index (χ1) is 7.70. The zero-order chi connectivity index (χ0) is 11.6. The summed E-state index contributed by atoms with van der Waals surface area (Å²) in [4.78, 5) is 0. The molecule has 0 bridgehead atoms. The molecule has 0 aromatic heterocycles. The molecule has 0 saturated carbocycles. The largest absolute Gasteiger partial charge is 0.394 e. The van der Waals surface area contributed by atoms with Gasteiger partial charge in [0.1, 0.15) is 6.10 Å². The second kappa shape index (κ2) is 5.14. The van der Waals surface area contributed by atoms with E-state index in [9.17, 15) is 0 Å². The molecule has 0 amide bonds. The van der Waals surface area contributed by atoms with Crippen molar-refractivity contribution in [1.29, 1.82) is 0 Å². The lowest BCUT2D eigenvalue weighted by Gasteiger charge is -2.26. The minimum absolute atomic E-state index is 0.0225. The number of hydrogen-bond donors (Lipinski definition) is 1. The Morgan fingerprint density at radius 3 is 2.56 bits per heavy atom. The van der Waals surface area contributed by atoms with Gasteiger partial charge in [0.15, 0.2) is 0 Å². The monoisotopic (exact) mass is 350 g/mol. The summed E-state index contributed by atoms with van der Waals surface area (Å²) in [6.45, 7) is 0.392. The van der Waals surface area contributed by atoms with Crippen LogP contribution in [0.4, 0.5) is 0 Å². The maximum Gasteiger partial charge on any atom is 0.205 e. The van der Waals surface area contributed by atoms with E-state index in [0.717, 1.165) is 10.0 Å². The highest BCUT2D eigenvalue weighted by Gasteiger charge is 2.42. The maximum atomic E-state index is 9.06. The number of aliphatic hydroxyl groups excluding tert-OH is 1. The number of alkyl halides is 1. The summed E-state index contributed by atoms with van der Waals surface area (Å²) in [5.74, 6) is -0.770. The molecule has 1 heterocycles. The van der Waals surface area contributed by atoms with Crippen LogP contribution in [0, 0.1) is 0 Å². The molecule has 0 unspecified atom stereocenters. The first-order valence-corrected chi connectivity index (χ1v) is 6.86. The number of rotatable bonds is 3. The summed E-state index contributed by atoms with van der Waals surface area (Å²) in [5.41, 5.74) is 0.948. The van der Waals surface area contributed by atoms with E-state index in [1.54, 1.807) is 0 Å². The van der Waals surface area contributed by atoms with Gasteiger partial charge in [0.05, 0.1) is 18.5 Å². The highest BCUT2D eigenvalue weighted by atomic mass is 79.9. The number of hydrogen-bond acceptors (Lipinski definition) is 3. The van der Waals surface area contributed by atoms with Gasteiger partial charge in [0.2, 0.25) is 5.79 Å². The summed E-state index contributed by atoms with van der Waals surface area (Å²) in [7, 11) is 0. The van der Waals surface area contributed by atoms with Gasteiger partial charge in [-0.05, 0) is 12.1 Å². The van der Waals surface area contributed by atoms with Gasteiger partial charge in [-0.25, -0.2) is 0 Å². The standard InChI is InChI=1S/C11H12Br2O3/c12-7-11(15-6-10(5-14)16-11)8-1-3-9(13)4-2-8/h1-4,10,14H,5-7H2/t10-,11-/m0/s1. The van der Waals surface area contributed by atoms with Crippen molar-refractivity contribution in [3.63, 3.8) is 0 Å². The molecule has 2 rings (SSSR count). The number of ether oxygens (including phenoxy) is 2. The predicted octanol–water partition coefficient (Wildman–Crippen LogP) is 2.40. The Morgan fingerprint density at radius 1 is 1.38 bits per heavy atom. The second-order valence-corrected chi connectivity index (χ2v) is 5.10. The molecule has 1 N–H and O–H groups in total. The third kappa shape index (κ3) is 2.33. The summed E-state index contributed by atoms with van der Waals surface area (Å²) in [5, 5.41) is 9.60. The molecule has 1 fully saturated rings. The Hall–Kier alpha value is 0.0600. The van der Waals surface area contributed by atoms with E-state index in [-0.39, 0.29) is 12.7 Å². The number of benzene rings is 1. The molecule has 16 heavy (non-hydrogen) atoms. The molecular formula is C11H12Br2O3. The predicted molar refractivity (Wildman–Crippen MR) is 67.5 cm³/mol. The quantitative estimate of drug-likeness (QED) is 0.850. The van der Waals surface area contributed by atoms with Crippen molar-refractivity contribution in [1.82, 2.24) is 0 Å². The molecule has 1 aromatic carbocycles. The van der Waals surface area contributed by atoms with E-state index < -0.39 is 5.79 Å².